The molecular formula is C14H21ClN2O3. The van der Waals surface area contributed by atoms with E-state index in [1.807, 2.05) is 0 Å². The quantitative estimate of drug-likeness (QED) is 0.590. The third kappa shape index (κ3) is 3.58. The fraction of sp³-hybridized carbons (Fsp3) is 0.786. The van der Waals surface area contributed by atoms with Gasteiger partial charge in [0.15, 0.2) is 0 Å². The van der Waals surface area contributed by atoms with Crippen molar-refractivity contribution < 1.29 is 14.4 Å². The summed E-state index contributed by atoms with van der Waals surface area (Å²) in [6, 6.07) is 0.209. The van der Waals surface area contributed by atoms with Crippen LogP contribution in [0.3, 0.4) is 0 Å². The highest BCUT2D eigenvalue weighted by atomic mass is 35.5. The SMILES string of the molecule is CC(=O)NC1CCC(C=O)(NC2CCC(C(=O)Cl)C2)C1. The van der Waals surface area contributed by atoms with E-state index >= 15 is 0 Å². The number of amides is 1. The summed E-state index contributed by atoms with van der Waals surface area (Å²) in [7, 11) is 0. The van der Waals surface area contributed by atoms with E-state index < -0.39 is 5.54 Å². The van der Waals surface area contributed by atoms with Crippen molar-refractivity contribution in [3.8, 4) is 0 Å². The van der Waals surface area contributed by atoms with Crippen LogP contribution in [-0.4, -0.2) is 35.1 Å². The second-order valence-corrected chi connectivity index (χ2v) is 6.44. The van der Waals surface area contributed by atoms with E-state index in [-0.39, 0.29) is 29.2 Å². The van der Waals surface area contributed by atoms with Crippen molar-refractivity contribution in [1.82, 2.24) is 10.6 Å². The molecule has 2 saturated carbocycles. The summed E-state index contributed by atoms with van der Waals surface area (Å²) in [6.07, 6.45) is 5.44. The second kappa shape index (κ2) is 6.22. The number of carbonyl (C=O) groups excluding carboxylic acids is 3. The maximum absolute atomic E-state index is 11.5. The van der Waals surface area contributed by atoms with Crippen molar-refractivity contribution in [3.63, 3.8) is 0 Å². The van der Waals surface area contributed by atoms with Gasteiger partial charge in [-0.15, -0.1) is 0 Å². The molecule has 0 aromatic rings. The van der Waals surface area contributed by atoms with E-state index in [4.69, 9.17) is 11.6 Å². The van der Waals surface area contributed by atoms with Crippen molar-refractivity contribution in [3.05, 3.63) is 0 Å². The maximum Gasteiger partial charge on any atom is 0.224 e. The van der Waals surface area contributed by atoms with Crippen molar-refractivity contribution in [2.45, 2.75) is 63.1 Å². The zero-order valence-electron chi connectivity index (χ0n) is 11.7. The molecule has 0 bridgehead atoms. The van der Waals surface area contributed by atoms with Gasteiger partial charge in [-0.05, 0) is 50.1 Å². The van der Waals surface area contributed by atoms with Gasteiger partial charge in [-0.2, -0.15) is 0 Å². The van der Waals surface area contributed by atoms with Gasteiger partial charge >= 0.3 is 0 Å². The zero-order valence-corrected chi connectivity index (χ0v) is 12.4. The Kier molecular flexibility index (Phi) is 4.81. The molecule has 0 aliphatic heterocycles. The Bertz CT molecular complexity index is 415. The third-order valence-electron chi connectivity index (χ3n) is 4.43. The molecule has 2 rings (SSSR count). The van der Waals surface area contributed by atoms with Gasteiger partial charge in [-0.3, -0.25) is 9.59 Å². The summed E-state index contributed by atoms with van der Waals surface area (Å²) < 4.78 is 0. The molecule has 0 aromatic heterocycles. The Balaban J connectivity index is 1.91. The average molecular weight is 301 g/mol. The van der Waals surface area contributed by atoms with Gasteiger partial charge < -0.3 is 15.4 Å². The fourth-order valence-corrected chi connectivity index (χ4v) is 3.68. The maximum atomic E-state index is 11.5. The molecule has 112 valence electrons. The van der Waals surface area contributed by atoms with Crippen LogP contribution < -0.4 is 10.6 Å². The Labute approximate surface area is 123 Å². The Morgan fingerprint density at radius 1 is 1.25 bits per heavy atom. The van der Waals surface area contributed by atoms with E-state index in [2.05, 4.69) is 10.6 Å². The van der Waals surface area contributed by atoms with Crippen molar-refractivity contribution in [2.24, 2.45) is 5.92 Å². The largest absolute Gasteiger partial charge is 0.354 e. The van der Waals surface area contributed by atoms with Crippen LogP contribution in [0.1, 0.15) is 45.4 Å². The number of hydrogen-bond donors (Lipinski definition) is 2. The number of hydrogen-bond acceptors (Lipinski definition) is 4. The van der Waals surface area contributed by atoms with Crippen LogP contribution in [0.5, 0.6) is 0 Å². The highest BCUT2D eigenvalue weighted by Gasteiger charge is 2.42. The summed E-state index contributed by atoms with van der Waals surface area (Å²) in [6.45, 7) is 1.49. The first-order valence-electron chi connectivity index (χ1n) is 7.14. The van der Waals surface area contributed by atoms with Crippen molar-refractivity contribution in [1.29, 1.82) is 0 Å². The molecule has 0 radical (unpaired) electrons. The number of carbonyl (C=O) groups is 3. The Morgan fingerprint density at radius 2 is 2.00 bits per heavy atom. The van der Waals surface area contributed by atoms with Gasteiger partial charge in [0.1, 0.15) is 6.29 Å². The first-order chi connectivity index (χ1) is 9.44. The molecule has 0 aromatic carbocycles. The molecule has 1 amide bonds. The number of nitrogens with one attached hydrogen (secondary N) is 2. The van der Waals surface area contributed by atoms with E-state index in [9.17, 15) is 14.4 Å². The topological polar surface area (TPSA) is 75.3 Å². The van der Waals surface area contributed by atoms with Gasteiger partial charge in [-0.25, -0.2) is 0 Å². The molecule has 4 atom stereocenters. The summed E-state index contributed by atoms with van der Waals surface area (Å²) in [4.78, 5) is 33.8. The molecule has 2 N–H and O–H groups in total. The lowest BCUT2D eigenvalue weighted by Crippen LogP contribution is -2.50. The van der Waals surface area contributed by atoms with Gasteiger partial charge in [0.2, 0.25) is 11.1 Å². The molecule has 2 fully saturated rings. The molecule has 2 aliphatic carbocycles. The van der Waals surface area contributed by atoms with E-state index in [1.54, 1.807) is 0 Å². The lowest BCUT2D eigenvalue weighted by Gasteiger charge is -2.28. The van der Waals surface area contributed by atoms with Crippen LogP contribution in [0.4, 0.5) is 0 Å². The van der Waals surface area contributed by atoms with E-state index in [1.165, 1.54) is 6.92 Å². The summed E-state index contributed by atoms with van der Waals surface area (Å²) in [5.74, 6) is -0.157. The monoisotopic (exact) mass is 300 g/mol. The minimum Gasteiger partial charge on any atom is -0.354 e. The van der Waals surface area contributed by atoms with Crippen LogP contribution >= 0.6 is 11.6 Å². The fourth-order valence-electron chi connectivity index (χ4n) is 3.48. The smallest absolute Gasteiger partial charge is 0.224 e. The highest BCUT2D eigenvalue weighted by Crippen LogP contribution is 2.33. The minimum atomic E-state index is -0.567. The predicted octanol–water partition coefficient (Wildman–Crippen LogP) is 1.14. The highest BCUT2D eigenvalue weighted by molar-refractivity contribution is 6.64. The third-order valence-corrected chi connectivity index (χ3v) is 4.74. The van der Waals surface area contributed by atoms with Crippen LogP contribution in [0.25, 0.3) is 0 Å². The molecule has 0 spiro atoms. The van der Waals surface area contributed by atoms with Gasteiger partial charge in [-0.1, -0.05) is 0 Å². The zero-order chi connectivity index (χ0) is 14.8. The first kappa shape index (κ1) is 15.4. The Hall–Kier alpha value is -0.940. The lowest BCUT2D eigenvalue weighted by molar-refractivity contribution is -0.120. The van der Waals surface area contributed by atoms with Gasteiger partial charge in [0.05, 0.1) is 5.54 Å². The molecule has 6 heteroatoms. The van der Waals surface area contributed by atoms with Gasteiger partial charge in [0, 0.05) is 24.9 Å². The summed E-state index contributed by atoms with van der Waals surface area (Å²) in [5.41, 5.74) is -0.567. The number of rotatable bonds is 5. The van der Waals surface area contributed by atoms with E-state index in [0.29, 0.717) is 12.8 Å². The Morgan fingerprint density at radius 3 is 2.55 bits per heavy atom. The molecule has 2 aliphatic rings. The van der Waals surface area contributed by atoms with Crippen LogP contribution in [0.2, 0.25) is 0 Å². The molecule has 4 unspecified atom stereocenters. The van der Waals surface area contributed by atoms with Crippen molar-refractivity contribution >= 4 is 29.0 Å². The number of aldehydes is 1. The standard InChI is InChI=1S/C14H21ClN2O3/c1-9(19)16-12-4-5-14(7-12,8-18)17-11-3-2-10(6-11)13(15)20/h8,10-12,17H,2-7H2,1H3,(H,16,19). The van der Waals surface area contributed by atoms with Crippen molar-refractivity contribution in [2.75, 3.05) is 0 Å². The average Bonchev–Trinajstić information content (AvgIpc) is 2.97. The molecule has 20 heavy (non-hydrogen) atoms. The summed E-state index contributed by atoms with van der Waals surface area (Å²) in [5, 5.41) is 5.99. The summed E-state index contributed by atoms with van der Waals surface area (Å²) >= 11 is 5.53. The lowest BCUT2D eigenvalue weighted by atomic mass is 9.97. The van der Waals surface area contributed by atoms with Crippen LogP contribution in [0.15, 0.2) is 0 Å². The first-order valence-corrected chi connectivity index (χ1v) is 7.52. The second-order valence-electron chi connectivity index (χ2n) is 6.07. The molecular weight excluding hydrogens is 280 g/mol. The predicted molar refractivity (Wildman–Crippen MR) is 75.4 cm³/mol. The number of halogens is 1. The molecule has 0 saturated heterocycles. The minimum absolute atomic E-state index is 0.0528. The van der Waals surface area contributed by atoms with Crippen LogP contribution in [0, 0.1) is 5.92 Å². The molecule has 0 heterocycles. The normalized spacial score (nSPS) is 36.8. The molecule has 5 nitrogen and oxygen atoms in total. The van der Waals surface area contributed by atoms with Gasteiger partial charge in [0.25, 0.3) is 0 Å². The van der Waals surface area contributed by atoms with E-state index in [0.717, 1.165) is 32.0 Å². The van der Waals surface area contributed by atoms with Crippen LogP contribution in [-0.2, 0) is 14.4 Å².